The summed E-state index contributed by atoms with van der Waals surface area (Å²) in [5, 5.41) is 12.5. The van der Waals surface area contributed by atoms with Crippen LogP contribution in [0, 0.1) is 5.92 Å². The highest BCUT2D eigenvalue weighted by atomic mass is 16.6. The number of carbonyl (C=O) groups is 2. The topological polar surface area (TPSA) is 84.9 Å². The van der Waals surface area contributed by atoms with Gasteiger partial charge in [-0.2, -0.15) is 0 Å². The summed E-state index contributed by atoms with van der Waals surface area (Å²) in [6, 6.07) is -0.656. The van der Waals surface area contributed by atoms with Crippen molar-refractivity contribution >= 4 is 12.1 Å². The first-order valence-corrected chi connectivity index (χ1v) is 6.50. The van der Waals surface area contributed by atoms with Crippen LogP contribution in [0.25, 0.3) is 0 Å². The van der Waals surface area contributed by atoms with Crippen LogP contribution in [0.15, 0.2) is 0 Å². The van der Waals surface area contributed by atoms with E-state index < -0.39 is 35.7 Å². The molecule has 1 saturated carbocycles. The van der Waals surface area contributed by atoms with Gasteiger partial charge in [0.15, 0.2) is 0 Å². The van der Waals surface area contributed by atoms with Crippen LogP contribution in [-0.4, -0.2) is 42.0 Å². The predicted molar refractivity (Wildman–Crippen MR) is 68.5 cm³/mol. The Morgan fingerprint density at radius 1 is 1.26 bits per heavy atom. The van der Waals surface area contributed by atoms with Gasteiger partial charge in [-0.05, 0) is 40.0 Å². The van der Waals surface area contributed by atoms with Crippen LogP contribution < -0.4 is 5.32 Å². The van der Waals surface area contributed by atoms with Gasteiger partial charge in [0, 0.05) is 0 Å². The van der Waals surface area contributed by atoms with E-state index in [1.54, 1.807) is 20.8 Å². The van der Waals surface area contributed by atoms with Gasteiger partial charge in [0.05, 0.1) is 25.2 Å². The molecule has 110 valence electrons. The number of nitrogens with one attached hydrogen (secondary N) is 1. The quantitative estimate of drug-likeness (QED) is 0.739. The number of esters is 1. The van der Waals surface area contributed by atoms with Gasteiger partial charge in [-0.25, -0.2) is 4.79 Å². The third kappa shape index (κ3) is 4.70. The summed E-state index contributed by atoms with van der Waals surface area (Å²) in [7, 11) is 1.30. The number of aliphatic hydroxyl groups is 1. The van der Waals surface area contributed by atoms with Crippen LogP contribution in [0.1, 0.15) is 40.0 Å². The zero-order valence-corrected chi connectivity index (χ0v) is 11.9. The van der Waals surface area contributed by atoms with Crippen molar-refractivity contribution in [3.8, 4) is 0 Å². The molecule has 0 unspecified atom stereocenters. The molecule has 0 aromatic carbocycles. The molecule has 0 spiro atoms. The van der Waals surface area contributed by atoms with E-state index in [-0.39, 0.29) is 0 Å². The van der Waals surface area contributed by atoms with Gasteiger partial charge in [-0.15, -0.1) is 0 Å². The van der Waals surface area contributed by atoms with Crippen molar-refractivity contribution in [2.24, 2.45) is 5.92 Å². The smallest absolute Gasteiger partial charge is 0.407 e. The van der Waals surface area contributed by atoms with Crippen molar-refractivity contribution in [3.05, 3.63) is 0 Å². The third-order valence-corrected chi connectivity index (χ3v) is 3.05. The monoisotopic (exact) mass is 273 g/mol. The fourth-order valence-corrected chi connectivity index (χ4v) is 2.23. The molecule has 1 fully saturated rings. The molecule has 0 aromatic heterocycles. The van der Waals surface area contributed by atoms with Crippen LogP contribution >= 0.6 is 0 Å². The molecule has 0 saturated heterocycles. The Hall–Kier alpha value is -1.30. The van der Waals surface area contributed by atoms with Crippen molar-refractivity contribution in [2.45, 2.75) is 57.8 Å². The largest absolute Gasteiger partial charge is 0.469 e. The number of amides is 1. The summed E-state index contributed by atoms with van der Waals surface area (Å²) in [5.74, 6) is -0.943. The summed E-state index contributed by atoms with van der Waals surface area (Å²) in [5.41, 5.74) is -0.621. The van der Waals surface area contributed by atoms with Gasteiger partial charge in [-0.3, -0.25) is 4.79 Å². The highest BCUT2D eigenvalue weighted by molar-refractivity contribution is 5.75. The van der Waals surface area contributed by atoms with E-state index in [4.69, 9.17) is 9.47 Å². The molecule has 1 aliphatic rings. The Morgan fingerprint density at radius 2 is 1.89 bits per heavy atom. The molecule has 2 N–H and O–H groups in total. The van der Waals surface area contributed by atoms with Crippen molar-refractivity contribution in [1.82, 2.24) is 5.32 Å². The number of ether oxygens (including phenoxy) is 2. The molecule has 1 rings (SSSR count). The summed E-state index contributed by atoms with van der Waals surface area (Å²) in [4.78, 5) is 23.4. The molecule has 0 radical (unpaired) electrons. The molecule has 0 bridgehead atoms. The minimum atomic E-state index is -0.759. The van der Waals surface area contributed by atoms with Crippen molar-refractivity contribution < 1.29 is 24.2 Å². The molecular formula is C13H23NO5. The lowest BCUT2D eigenvalue weighted by Gasteiger charge is -2.34. The maximum atomic E-state index is 11.7. The fraction of sp³-hybridized carbons (Fsp3) is 0.846. The summed E-state index contributed by atoms with van der Waals surface area (Å²) in [6.45, 7) is 5.25. The Bertz CT molecular complexity index is 336. The molecule has 6 heteroatoms. The molecule has 6 nitrogen and oxygen atoms in total. The van der Waals surface area contributed by atoms with E-state index in [0.717, 1.165) is 6.42 Å². The molecule has 1 amide bonds. The number of carbonyl (C=O) groups excluding carboxylic acids is 2. The zero-order valence-electron chi connectivity index (χ0n) is 11.9. The van der Waals surface area contributed by atoms with E-state index >= 15 is 0 Å². The maximum Gasteiger partial charge on any atom is 0.407 e. The second-order valence-corrected chi connectivity index (χ2v) is 5.80. The molecule has 0 aliphatic heterocycles. The van der Waals surface area contributed by atoms with Gasteiger partial charge >= 0.3 is 12.1 Å². The average molecular weight is 273 g/mol. The average Bonchev–Trinajstić information content (AvgIpc) is 2.28. The zero-order chi connectivity index (χ0) is 14.6. The summed E-state index contributed by atoms with van der Waals surface area (Å²) >= 11 is 0. The fourth-order valence-electron chi connectivity index (χ4n) is 2.23. The third-order valence-electron chi connectivity index (χ3n) is 3.05. The number of rotatable bonds is 2. The Balaban J connectivity index is 2.69. The van der Waals surface area contributed by atoms with Crippen molar-refractivity contribution in [1.29, 1.82) is 0 Å². The van der Waals surface area contributed by atoms with Gasteiger partial charge in [-0.1, -0.05) is 0 Å². The first-order chi connectivity index (χ1) is 8.74. The van der Waals surface area contributed by atoms with Crippen LogP contribution in [0.4, 0.5) is 4.79 Å². The van der Waals surface area contributed by atoms with E-state index in [1.165, 1.54) is 7.11 Å². The van der Waals surface area contributed by atoms with E-state index in [0.29, 0.717) is 12.8 Å². The van der Waals surface area contributed by atoms with E-state index in [1.807, 2.05) is 0 Å². The van der Waals surface area contributed by atoms with Crippen molar-refractivity contribution in [3.63, 3.8) is 0 Å². The maximum absolute atomic E-state index is 11.7. The van der Waals surface area contributed by atoms with Gasteiger partial charge < -0.3 is 19.9 Å². The van der Waals surface area contributed by atoms with E-state index in [2.05, 4.69) is 5.32 Å². The normalized spacial score (nSPS) is 27.5. The minimum Gasteiger partial charge on any atom is -0.469 e. The van der Waals surface area contributed by atoms with Gasteiger partial charge in [0.25, 0.3) is 0 Å². The SMILES string of the molecule is COC(=O)[C@H]1CCC[C@H](O)[C@@H]1NC(=O)OC(C)(C)C. The van der Waals surface area contributed by atoms with Gasteiger partial charge in [0.2, 0.25) is 0 Å². The summed E-state index contributed by atoms with van der Waals surface area (Å²) in [6.07, 6.45) is 0.476. The van der Waals surface area contributed by atoms with Crippen LogP contribution in [0.2, 0.25) is 0 Å². The van der Waals surface area contributed by atoms with Crippen LogP contribution in [-0.2, 0) is 14.3 Å². The lowest BCUT2D eigenvalue weighted by atomic mass is 9.82. The van der Waals surface area contributed by atoms with Crippen LogP contribution in [0.5, 0.6) is 0 Å². The predicted octanol–water partition coefficient (Wildman–Crippen LogP) is 1.21. The highest BCUT2D eigenvalue weighted by Gasteiger charge is 2.39. The van der Waals surface area contributed by atoms with Crippen LogP contribution in [0.3, 0.4) is 0 Å². The Morgan fingerprint density at radius 3 is 2.42 bits per heavy atom. The van der Waals surface area contributed by atoms with Gasteiger partial charge in [0.1, 0.15) is 5.60 Å². The minimum absolute atomic E-state index is 0.417. The molecule has 19 heavy (non-hydrogen) atoms. The van der Waals surface area contributed by atoms with Crippen molar-refractivity contribution in [2.75, 3.05) is 7.11 Å². The van der Waals surface area contributed by atoms with E-state index in [9.17, 15) is 14.7 Å². The first kappa shape index (κ1) is 15.8. The highest BCUT2D eigenvalue weighted by Crippen LogP contribution is 2.26. The lowest BCUT2D eigenvalue weighted by Crippen LogP contribution is -2.53. The number of methoxy groups -OCH3 is 1. The molecular weight excluding hydrogens is 250 g/mol. The summed E-state index contributed by atoms with van der Waals surface area (Å²) < 4.78 is 9.85. The molecule has 0 aromatic rings. The Kier molecular flexibility index (Phi) is 5.17. The second-order valence-electron chi connectivity index (χ2n) is 5.80. The number of hydrogen-bond donors (Lipinski definition) is 2. The standard InChI is InChI=1S/C13H23NO5/c1-13(2,3)19-12(17)14-10-8(11(16)18-4)6-5-7-9(10)15/h8-10,15H,5-7H2,1-4H3,(H,14,17)/t8-,9-,10+/m0/s1. The second kappa shape index (κ2) is 6.23. The number of alkyl carbamates (subject to hydrolysis) is 1. The number of hydrogen-bond acceptors (Lipinski definition) is 5. The Labute approximate surface area is 113 Å². The molecule has 1 aliphatic carbocycles. The molecule has 0 heterocycles. The number of aliphatic hydroxyl groups excluding tert-OH is 1. The lowest BCUT2D eigenvalue weighted by molar-refractivity contribution is -0.149. The first-order valence-electron chi connectivity index (χ1n) is 6.50. The molecule has 3 atom stereocenters.